The van der Waals surface area contributed by atoms with Crippen molar-refractivity contribution in [3.8, 4) is 0 Å². The average molecular weight is 282 g/mol. The Bertz CT molecular complexity index is 520. The number of benzene rings is 1. The highest BCUT2D eigenvalue weighted by Crippen LogP contribution is 2.28. The molecule has 0 saturated carbocycles. The number of carboxylic acids is 1. The number of aliphatic carboxylic acids is 1. The van der Waals surface area contributed by atoms with E-state index in [4.69, 9.17) is 0 Å². The first-order valence-corrected chi connectivity index (χ1v) is 6.98. The minimum atomic E-state index is -0.858. The molecule has 1 N–H and O–H groups in total. The summed E-state index contributed by atoms with van der Waals surface area (Å²) in [7, 11) is 0. The summed E-state index contributed by atoms with van der Waals surface area (Å²) in [6.45, 7) is 2.30. The van der Waals surface area contributed by atoms with E-state index in [9.17, 15) is 20.0 Å². The summed E-state index contributed by atoms with van der Waals surface area (Å²) >= 11 is 1.61. The molecule has 7 heteroatoms. The van der Waals surface area contributed by atoms with Crippen LogP contribution in [0, 0.1) is 17.0 Å². The van der Waals surface area contributed by atoms with Crippen molar-refractivity contribution >= 4 is 29.1 Å². The molecule has 19 heavy (non-hydrogen) atoms. The molecule has 0 spiro atoms. The molecule has 1 aromatic carbocycles. The molecule has 1 unspecified atom stereocenters. The normalized spacial score (nSPS) is 19.2. The fraction of sp³-hybridized carbons (Fsp3) is 0.417. The summed E-state index contributed by atoms with van der Waals surface area (Å²) in [5.74, 6) is 0.536. The van der Waals surface area contributed by atoms with E-state index in [0.717, 1.165) is 11.4 Å². The van der Waals surface area contributed by atoms with Gasteiger partial charge in [-0.05, 0) is 19.1 Å². The molecule has 102 valence electrons. The van der Waals surface area contributed by atoms with Crippen molar-refractivity contribution in [1.29, 1.82) is 0 Å². The Labute approximate surface area is 114 Å². The number of anilines is 1. The molecule has 1 saturated heterocycles. The van der Waals surface area contributed by atoms with Crippen LogP contribution in [0.4, 0.5) is 11.4 Å². The second-order valence-electron chi connectivity index (χ2n) is 4.35. The van der Waals surface area contributed by atoms with E-state index >= 15 is 0 Å². The first-order chi connectivity index (χ1) is 9.00. The van der Waals surface area contributed by atoms with Gasteiger partial charge in [-0.15, -0.1) is 0 Å². The lowest BCUT2D eigenvalue weighted by molar-refractivity contribution is -0.385. The molecule has 6 nitrogen and oxygen atoms in total. The number of carboxylic acid groups (broad SMARTS) is 1. The molecule has 0 radical (unpaired) electrons. The van der Waals surface area contributed by atoms with E-state index in [1.54, 1.807) is 35.7 Å². The lowest BCUT2D eigenvalue weighted by atomic mass is 10.1. The van der Waals surface area contributed by atoms with Crippen LogP contribution in [0.5, 0.6) is 0 Å². The van der Waals surface area contributed by atoms with Crippen LogP contribution < -0.4 is 4.90 Å². The number of aryl methyl sites for hydroxylation is 1. The molecule has 1 aliphatic rings. The van der Waals surface area contributed by atoms with Crippen LogP contribution in [-0.4, -0.2) is 40.1 Å². The van der Waals surface area contributed by atoms with Crippen LogP contribution >= 0.6 is 11.8 Å². The van der Waals surface area contributed by atoms with Gasteiger partial charge in [0.05, 0.1) is 4.92 Å². The van der Waals surface area contributed by atoms with E-state index in [-0.39, 0.29) is 5.69 Å². The number of nitro groups is 1. The predicted octanol–water partition coefficient (Wildman–Crippen LogP) is 1.91. The Hall–Kier alpha value is -1.76. The first-order valence-electron chi connectivity index (χ1n) is 5.83. The van der Waals surface area contributed by atoms with Crippen molar-refractivity contribution in [1.82, 2.24) is 0 Å². The minimum Gasteiger partial charge on any atom is -0.480 e. The Kier molecular flexibility index (Phi) is 3.94. The van der Waals surface area contributed by atoms with Crippen LogP contribution in [0.3, 0.4) is 0 Å². The van der Waals surface area contributed by atoms with E-state index < -0.39 is 16.9 Å². The van der Waals surface area contributed by atoms with Crippen molar-refractivity contribution in [2.75, 3.05) is 23.0 Å². The summed E-state index contributed by atoms with van der Waals surface area (Å²) in [6.07, 6.45) is 0. The third-order valence-corrected chi connectivity index (χ3v) is 4.14. The minimum absolute atomic E-state index is 0.0574. The molecule has 1 aliphatic heterocycles. The van der Waals surface area contributed by atoms with Crippen LogP contribution in [0.1, 0.15) is 5.56 Å². The SMILES string of the molecule is Cc1cc(N2CCSCC2C(=O)O)ccc1[N+](=O)[O-]. The van der Waals surface area contributed by atoms with Gasteiger partial charge in [-0.2, -0.15) is 11.8 Å². The highest BCUT2D eigenvalue weighted by atomic mass is 32.2. The smallest absolute Gasteiger partial charge is 0.327 e. The molecule has 1 heterocycles. The van der Waals surface area contributed by atoms with Crippen LogP contribution in [-0.2, 0) is 4.79 Å². The van der Waals surface area contributed by atoms with Gasteiger partial charge in [0.15, 0.2) is 0 Å². The summed E-state index contributed by atoms with van der Waals surface area (Å²) < 4.78 is 0. The fourth-order valence-electron chi connectivity index (χ4n) is 2.14. The number of nitro benzene ring substituents is 1. The first kappa shape index (κ1) is 13.7. The van der Waals surface area contributed by atoms with E-state index in [2.05, 4.69) is 0 Å². The lowest BCUT2D eigenvalue weighted by Gasteiger charge is -2.34. The maximum Gasteiger partial charge on any atom is 0.327 e. The van der Waals surface area contributed by atoms with E-state index in [1.165, 1.54) is 6.07 Å². The average Bonchev–Trinajstić information content (AvgIpc) is 2.38. The van der Waals surface area contributed by atoms with Crippen molar-refractivity contribution < 1.29 is 14.8 Å². The zero-order chi connectivity index (χ0) is 14.0. The Morgan fingerprint density at radius 1 is 1.58 bits per heavy atom. The van der Waals surface area contributed by atoms with Gasteiger partial charge in [0, 0.05) is 35.4 Å². The van der Waals surface area contributed by atoms with Gasteiger partial charge in [0.25, 0.3) is 5.69 Å². The molecule has 0 aliphatic carbocycles. The van der Waals surface area contributed by atoms with Gasteiger partial charge < -0.3 is 10.0 Å². The van der Waals surface area contributed by atoms with Gasteiger partial charge in [-0.3, -0.25) is 10.1 Å². The molecule has 1 atom stereocenters. The third kappa shape index (κ3) is 2.81. The van der Waals surface area contributed by atoms with Crippen LogP contribution in [0.15, 0.2) is 18.2 Å². The fourth-order valence-corrected chi connectivity index (χ4v) is 3.18. The van der Waals surface area contributed by atoms with E-state index in [0.29, 0.717) is 17.9 Å². The van der Waals surface area contributed by atoms with Crippen molar-refractivity contribution in [3.05, 3.63) is 33.9 Å². The number of nitrogens with zero attached hydrogens (tertiary/aromatic N) is 2. The lowest BCUT2D eigenvalue weighted by Crippen LogP contribution is -2.47. The number of rotatable bonds is 3. The topological polar surface area (TPSA) is 83.7 Å². The summed E-state index contributed by atoms with van der Waals surface area (Å²) in [6, 6.07) is 4.17. The largest absolute Gasteiger partial charge is 0.480 e. The molecule has 1 fully saturated rings. The van der Waals surface area contributed by atoms with Gasteiger partial charge in [0.1, 0.15) is 6.04 Å². The molecule has 0 aromatic heterocycles. The van der Waals surface area contributed by atoms with Crippen molar-refractivity contribution in [2.45, 2.75) is 13.0 Å². The number of hydrogen-bond donors (Lipinski definition) is 1. The van der Waals surface area contributed by atoms with E-state index in [1.807, 2.05) is 0 Å². The standard InChI is InChI=1S/C12H14N2O4S/c1-8-6-9(2-3-10(8)14(17)18)13-4-5-19-7-11(13)12(15)16/h2-3,6,11H,4-5,7H2,1H3,(H,15,16). The highest BCUT2D eigenvalue weighted by molar-refractivity contribution is 7.99. The van der Waals surface area contributed by atoms with Crippen molar-refractivity contribution in [2.24, 2.45) is 0 Å². The Balaban J connectivity index is 2.32. The second kappa shape index (κ2) is 5.48. The highest BCUT2D eigenvalue weighted by Gasteiger charge is 2.29. The maximum atomic E-state index is 11.2. The quantitative estimate of drug-likeness (QED) is 0.673. The Morgan fingerprint density at radius 2 is 2.32 bits per heavy atom. The maximum absolute atomic E-state index is 11.2. The number of thioether (sulfide) groups is 1. The molecule has 0 bridgehead atoms. The molecular formula is C12H14N2O4S. The predicted molar refractivity (Wildman–Crippen MR) is 73.9 cm³/mol. The molecule has 2 rings (SSSR count). The van der Waals surface area contributed by atoms with Gasteiger partial charge in [-0.25, -0.2) is 4.79 Å². The monoisotopic (exact) mass is 282 g/mol. The Morgan fingerprint density at radius 3 is 2.89 bits per heavy atom. The third-order valence-electron chi connectivity index (χ3n) is 3.12. The van der Waals surface area contributed by atoms with Crippen LogP contribution in [0.25, 0.3) is 0 Å². The molecule has 1 aromatic rings. The summed E-state index contributed by atoms with van der Waals surface area (Å²) in [5.41, 5.74) is 1.34. The second-order valence-corrected chi connectivity index (χ2v) is 5.50. The van der Waals surface area contributed by atoms with Crippen LogP contribution in [0.2, 0.25) is 0 Å². The van der Waals surface area contributed by atoms with Crippen molar-refractivity contribution in [3.63, 3.8) is 0 Å². The van der Waals surface area contributed by atoms with Gasteiger partial charge in [0.2, 0.25) is 0 Å². The summed E-state index contributed by atoms with van der Waals surface area (Å²) in [5, 5.41) is 20.0. The zero-order valence-corrected chi connectivity index (χ0v) is 11.2. The van der Waals surface area contributed by atoms with Gasteiger partial charge >= 0.3 is 5.97 Å². The number of carbonyl (C=O) groups is 1. The summed E-state index contributed by atoms with van der Waals surface area (Å²) in [4.78, 5) is 23.4. The molecular weight excluding hydrogens is 268 g/mol. The number of hydrogen-bond acceptors (Lipinski definition) is 5. The van der Waals surface area contributed by atoms with Gasteiger partial charge in [-0.1, -0.05) is 0 Å². The molecule has 0 amide bonds. The zero-order valence-electron chi connectivity index (χ0n) is 10.4.